The van der Waals surface area contributed by atoms with E-state index < -0.39 is 0 Å². The zero-order valence-corrected chi connectivity index (χ0v) is 17.9. The highest BCUT2D eigenvalue weighted by atomic mass is 32.1. The Morgan fingerprint density at radius 3 is 2.72 bits per heavy atom. The van der Waals surface area contributed by atoms with E-state index in [9.17, 15) is 9.59 Å². The minimum atomic E-state index is -0.125. The molecule has 0 radical (unpaired) electrons. The van der Waals surface area contributed by atoms with Crippen molar-refractivity contribution in [2.45, 2.75) is 46.5 Å². The number of aromatic amines is 1. The van der Waals surface area contributed by atoms with Gasteiger partial charge in [-0.1, -0.05) is 0 Å². The maximum absolute atomic E-state index is 12.4. The molecule has 0 saturated carbocycles. The van der Waals surface area contributed by atoms with Gasteiger partial charge in [-0.15, -0.1) is 11.3 Å². The average molecular weight is 411 g/mol. The first-order chi connectivity index (χ1) is 13.9. The van der Waals surface area contributed by atoms with Gasteiger partial charge in [0.25, 0.3) is 5.56 Å². The number of thiophene rings is 1. The number of aromatic nitrogens is 2. The molecule has 1 amide bonds. The molecule has 4 rings (SSSR count). The quantitative estimate of drug-likeness (QED) is 0.664. The fourth-order valence-corrected chi connectivity index (χ4v) is 4.97. The molecular weight excluding hydrogens is 384 g/mol. The van der Waals surface area contributed by atoms with Crippen molar-refractivity contribution < 1.29 is 4.79 Å². The topological polar surface area (TPSA) is 78.1 Å². The Morgan fingerprint density at radius 1 is 1.24 bits per heavy atom. The van der Waals surface area contributed by atoms with Crippen LogP contribution < -0.4 is 15.8 Å². The van der Waals surface area contributed by atoms with E-state index in [1.54, 1.807) is 0 Å². The molecule has 29 heavy (non-hydrogen) atoms. The van der Waals surface area contributed by atoms with Crippen LogP contribution in [-0.4, -0.2) is 29.0 Å². The summed E-state index contributed by atoms with van der Waals surface area (Å²) in [5.41, 5.74) is 4.08. The third-order valence-corrected chi connectivity index (χ3v) is 6.71. The summed E-state index contributed by atoms with van der Waals surface area (Å²) in [5.74, 6) is 0.471. The van der Waals surface area contributed by atoms with Crippen molar-refractivity contribution in [3.05, 3.63) is 50.4 Å². The lowest BCUT2D eigenvalue weighted by Crippen LogP contribution is -2.19. The Kier molecular flexibility index (Phi) is 5.41. The Morgan fingerprint density at radius 2 is 2.00 bits per heavy atom. The summed E-state index contributed by atoms with van der Waals surface area (Å²) in [5, 5.41) is 3.62. The second-order valence-corrected chi connectivity index (χ2v) is 8.92. The zero-order valence-electron chi connectivity index (χ0n) is 17.1. The standard InChI is InChI=1S/C22H26N4O2S/c1-13-12-16(6-7-17(13)26-10-4-5-11-26)23-19(27)9-8-18-24-21(28)20-14(2)15(3)29-22(20)25-18/h6-7,12H,4-5,8-11H2,1-3H3,(H,23,27)(H,24,25,28). The predicted octanol–water partition coefficient (Wildman–Crippen LogP) is 4.08. The lowest BCUT2D eigenvalue weighted by Gasteiger charge is -2.20. The van der Waals surface area contributed by atoms with Gasteiger partial charge >= 0.3 is 0 Å². The molecule has 0 atom stereocenters. The van der Waals surface area contributed by atoms with E-state index >= 15 is 0 Å². The molecule has 1 saturated heterocycles. The van der Waals surface area contributed by atoms with Crippen LogP contribution in [0, 0.1) is 20.8 Å². The van der Waals surface area contributed by atoms with Crippen LogP contribution in [0.4, 0.5) is 11.4 Å². The van der Waals surface area contributed by atoms with Gasteiger partial charge in [0.05, 0.1) is 5.39 Å². The van der Waals surface area contributed by atoms with E-state index in [4.69, 9.17) is 0 Å². The Balaban J connectivity index is 1.41. The van der Waals surface area contributed by atoms with Crippen molar-refractivity contribution in [1.29, 1.82) is 0 Å². The smallest absolute Gasteiger partial charge is 0.259 e. The number of amides is 1. The van der Waals surface area contributed by atoms with Crippen LogP contribution in [0.25, 0.3) is 10.2 Å². The number of carbonyl (C=O) groups excluding carboxylic acids is 1. The molecule has 7 heteroatoms. The van der Waals surface area contributed by atoms with Crippen molar-refractivity contribution in [3.8, 4) is 0 Å². The van der Waals surface area contributed by atoms with Crippen LogP contribution in [0.2, 0.25) is 0 Å². The molecule has 0 bridgehead atoms. The highest BCUT2D eigenvalue weighted by Gasteiger charge is 2.15. The summed E-state index contributed by atoms with van der Waals surface area (Å²) >= 11 is 1.52. The number of hydrogen-bond donors (Lipinski definition) is 2. The maximum Gasteiger partial charge on any atom is 0.259 e. The fraction of sp³-hybridized carbons (Fsp3) is 0.409. The Bertz CT molecular complexity index is 1130. The largest absolute Gasteiger partial charge is 0.371 e. The van der Waals surface area contributed by atoms with Gasteiger partial charge in [-0.3, -0.25) is 9.59 Å². The second kappa shape index (κ2) is 7.99. The summed E-state index contributed by atoms with van der Waals surface area (Å²) in [6.45, 7) is 8.22. The Hall–Kier alpha value is -2.67. The summed E-state index contributed by atoms with van der Waals surface area (Å²) in [6.07, 6.45) is 3.15. The first-order valence-corrected chi connectivity index (χ1v) is 10.9. The minimum Gasteiger partial charge on any atom is -0.371 e. The van der Waals surface area contributed by atoms with Gasteiger partial charge < -0.3 is 15.2 Å². The molecule has 0 unspecified atom stereocenters. The fourth-order valence-electron chi connectivity index (χ4n) is 3.92. The lowest BCUT2D eigenvalue weighted by atomic mass is 10.1. The molecule has 2 aromatic heterocycles. The van der Waals surface area contributed by atoms with E-state index in [0.29, 0.717) is 17.6 Å². The SMILES string of the molecule is Cc1cc(NC(=O)CCc2nc3sc(C)c(C)c3c(=O)[nH]2)ccc1N1CCCC1. The van der Waals surface area contributed by atoms with Crippen LogP contribution in [0.5, 0.6) is 0 Å². The summed E-state index contributed by atoms with van der Waals surface area (Å²) in [6, 6.07) is 6.07. The molecule has 0 aliphatic carbocycles. The summed E-state index contributed by atoms with van der Waals surface area (Å²) in [4.78, 5) is 36.4. The van der Waals surface area contributed by atoms with Crippen LogP contribution in [0.15, 0.2) is 23.0 Å². The number of aryl methyl sites for hydroxylation is 4. The molecule has 1 aromatic carbocycles. The number of carbonyl (C=O) groups is 1. The molecule has 1 aliphatic rings. The predicted molar refractivity (Wildman–Crippen MR) is 119 cm³/mol. The third kappa shape index (κ3) is 4.05. The van der Waals surface area contributed by atoms with Gasteiger partial charge in [0.15, 0.2) is 0 Å². The minimum absolute atomic E-state index is 0.0837. The average Bonchev–Trinajstić information content (AvgIpc) is 3.29. The summed E-state index contributed by atoms with van der Waals surface area (Å²) in [7, 11) is 0. The molecule has 1 aliphatic heterocycles. The van der Waals surface area contributed by atoms with Gasteiger partial charge in [0.1, 0.15) is 10.7 Å². The van der Waals surface area contributed by atoms with E-state index in [-0.39, 0.29) is 17.9 Å². The number of rotatable bonds is 5. The monoisotopic (exact) mass is 410 g/mol. The molecule has 0 spiro atoms. The normalized spacial score (nSPS) is 14.0. The van der Waals surface area contributed by atoms with Crippen molar-refractivity contribution in [3.63, 3.8) is 0 Å². The number of hydrogen-bond acceptors (Lipinski definition) is 5. The number of H-pyrrole nitrogens is 1. The lowest BCUT2D eigenvalue weighted by molar-refractivity contribution is -0.116. The molecule has 1 fully saturated rings. The van der Waals surface area contributed by atoms with Gasteiger partial charge in [0, 0.05) is 42.2 Å². The zero-order chi connectivity index (χ0) is 20.5. The number of nitrogens with zero attached hydrogens (tertiary/aromatic N) is 2. The summed E-state index contributed by atoms with van der Waals surface area (Å²) < 4.78 is 0. The van der Waals surface area contributed by atoms with E-state index in [2.05, 4.69) is 33.2 Å². The number of anilines is 2. The second-order valence-electron chi connectivity index (χ2n) is 7.72. The molecule has 152 valence electrons. The maximum atomic E-state index is 12.4. The third-order valence-electron chi connectivity index (χ3n) is 5.60. The van der Waals surface area contributed by atoms with Crippen LogP contribution >= 0.6 is 11.3 Å². The highest BCUT2D eigenvalue weighted by molar-refractivity contribution is 7.18. The molecule has 3 heterocycles. The first kappa shape index (κ1) is 19.6. The Labute approximate surface area is 174 Å². The molecule has 3 aromatic rings. The number of benzene rings is 1. The molecule has 2 N–H and O–H groups in total. The number of fused-ring (bicyclic) bond motifs is 1. The van der Waals surface area contributed by atoms with Crippen LogP contribution in [-0.2, 0) is 11.2 Å². The van der Waals surface area contributed by atoms with Gasteiger partial charge in [0.2, 0.25) is 5.91 Å². The van der Waals surface area contributed by atoms with Gasteiger partial charge in [-0.2, -0.15) is 0 Å². The van der Waals surface area contributed by atoms with E-state index in [1.807, 2.05) is 26.0 Å². The van der Waals surface area contributed by atoms with Crippen LogP contribution in [0.3, 0.4) is 0 Å². The number of nitrogens with one attached hydrogen (secondary N) is 2. The van der Waals surface area contributed by atoms with E-state index in [1.165, 1.54) is 35.4 Å². The molecule has 6 nitrogen and oxygen atoms in total. The highest BCUT2D eigenvalue weighted by Crippen LogP contribution is 2.27. The van der Waals surface area contributed by atoms with Crippen LogP contribution in [0.1, 0.15) is 41.1 Å². The van der Waals surface area contributed by atoms with E-state index in [0.717, 1.165) is 34.0 Å². The van der Waals surface area contributed by atoms with Crippen molar-refractivity contribution >= 4 is 38.8 Å². The van der Waals surface area contributed by atoms with Crippen molar-refractivity contribution in [1.82, 2.24) is 9.97 Å². The van der Waals surface area contributed by atoms with Crippen molar-refractivity contribution in [2.24, 2.45) is 0 Å². The van der Waals surface area contributed by atoms with Crippen molar-refractivity contribution in [2.75, 3.05) is 23.3 Å². The van der Waals surface area contributed by atoms with Gasteiger partial charge in [-0.05, 0) is 62.9 Å². The molecular formula is C22H26N4O2S. The van der Waals surface area contributed by atoms with Gasteiger partial charge in [-0.25, -0.2) is 4.98 Å². The first-order valence-electron chi connectivity index (χ1n) is 10.1.